The minimum Gasteiger partial charge on any atom is -0.489 e. The molecule has 1 unspecified atom stereocenters. The quantitative estimate of drug-likeness (QED) is 0.0400. The highest BCUT2D eigenvalue weighted by molar-refractivity contribution is 5.91. The molecular weight excluding hydrogens is 853 g/mol. The molecule has 362 valence electrons. The summed E-state index contributed by atoms with van der Waals surface area (Å²) in [5, 5.41) is 11.5. The summed E-state index contributed by atoms with van der Waals surface area (Å²) < 4.78 is 41.3. The minimum absolute atomic E-state index is 0.00626. The summed E-state index contributed by atoms with van der Waals surface area (Å²) in [5.74, 6) is 0.800. The zero-order valence-electron chi connectivity index (χ0n) is 41.7. The monoisotopic (exact) mass is 926 g/mol. The fourth-order valence-electron chi connectivity index (χ4n) is 9.25. The SMILES string of the molecule is CC[N+](C)(C)Cc1cc(C2(c3ccc(OCCOCCOCCOC)c(N(C)C)c3)c3cc(C)ccc3-c3ccc(-c4ccc5cc(C)ccc5c4)cc32)ccc1COCCOCCOCCO. The fraction of sp³-hybridized carbons (Fsp3) is 0.414. The maximum absolute atomic E-state index is 9.00. The Morgan fingerprint density at radius 1 is 0.544 bits per heavy atom. The first kappa shape index (κ1) is 50.7. The summed E-state index contributed by atoms with van der Waals surface area (Å²) in [6.07, 6.45) is 0. The lowest BCUT2D eigenvalue weighted by Crippen LogP contribution is -2.38. The molecule has 7 rings (SSSR count). The Kier molecular flexibility index (Phi) is 17.8. The Bertz CT molecular complexity index is 2590. The lowest BCUT2D eigenvalue weighted by molar-refractivity contribution is -0.901. The van der Waals surface area contributed by atoms with Crippen molar-refractivity contribution >= 4 is 16.5 Å². The van der Waals surface area contributed by atoms with Crippen molar-refractivity contribution in [1.82, 2.24) is 0 Å². The molecule has 0 bridgehead atoms. The molecule has 1 aliphatic rings. The van der Waals surface area contributed by atoms with Crippen molar-refractivity contribution in [2.24, 2.45) is 0 Å². The van der Waals surface area contributed by atoms with Crippen LogP contribution in [0.3, 0.4) is 0 Å². The second kappa shape index (κ2) is 23.9. The molecule has 0 saturated heterocycles. The molecule has 0 aliphatic heterocycles. The molecule has 1 N–H and O–H groups in total. The normalized spacial score (nSPS) is 14.4. The third-order valence-corrected chi connectivity index (χ3v) is 13.1. The second-order valence-corrected chi connectivity index (χ2v) is 18.7. The van der Waals surface area contributed by atoms with Crippen LogP contribution < -0.4 is 9.64 Å². The number of rotatable bonds is 27. The number of aliphatic hydroxyl groups is 1. The molecule has 68 heavy (non-hydrogen) atoms. The smallest absolute Gasteiger partial charge is 0.142 e. The summed E-state index contributed by atoms with van der Waals surface area (Å²) >= 11 is 0. The molecule has 0 fully saturated rings. The van der Waals surface area contributed by atoms with Gasteiger partial charge in [-0.3, -0.25) is 0 Å². The largest absolute Gasteiger partial charge is 0.489 e. The third-order valence-electron chi connectivity index (χ3n) is 13.1. The van der Waals surface area contributed by atoms with E-state index in [4.69, 9.17) is 38.3 Å². The van der Waals surface area contributed by atoms with Crippen LogP contribution in [0.25, 0.3) is 33.0 Å². The molecule has 6 aromatic rings. The molecule has 0 amide bonds. The number of quaternary nitrogens is 1. The molecule has 0 heterocycles. The van der Waals surface area contributed by atoms with Crippen molar-refractivity contribution in [1.29, 1.82) is 0 Å². The third kappa shape index (κ3) is 12.0. The lowest BCUT2D eigenvalue weighted by Gasteiger charge is -2.36. The lowest BCUT2D eigenvalue weighted by atomic mass is 9.66. The van der Waals surface area contributed by atoms with Crippen LogP contribution >= 0.6 is 0 Å². The molecule has 1 aliphatic carbocycles. The van der Waals surface area contributed by atoms with E-state index < -0.39 is 5.41 Å². The minimum atomic E-state index is -0.695. The molecule has 0 aromatic heterocycles. The molecule has 10 nitrogen and oxygen atoms in total. The summed E-state index contributed by atoms with van der Waals surface area (Å²) in [7, 11) is 10.4. The summed E-state index contributed by atoms with van der Waals surface area (Å²) in [4.78, 5) is 2.15. The van der Waals surface area contributed by atoms with Crippen LogP contribution in [-0.2, 0) is 47.0 Å². The average molecular weight is 926 g/mol. The number of anilines is 1. The van der Waals surface area contributed by atoms with Gasteiger partial charge in [0.25, 0.3) is 0 Å². The van der Waals surface area contributed by atoms with Gasteiger partial charge < -0.3 is 47.6 Å². The topological polar surface area (TPSA) is 88.1 Å². The molecule has 10 heteroatoms. The van der Waals surface area contributed by atoms with Gasteiger partial charge in [0.05, 0.1) is 111 Å². The first-order valence-corrected chi connectivity index (χ1v) is 24.1. The van der Waals surface area contributed by atoms with E-state index in [1.165, 1.54) is 72.0 Å². The van der Waals surface area contributed by atoms with Crippen LogP contribution in [0, 0.1) is 13.8 Å². The molecular formula is C58H73N2O8+. The van der Waals surface area contributed by atoms with E-state index in [9.17, 15) is 0 Å². The number of aliphatic hydroxyl groups excluding tert-OH is 1. The Balaban J connectivity index is 1.34. The van der Waals surface area contributed by atoms with Gasteiger partial charge in [0.1, 0.15) is 18.9 Å². The van der Waals surface area contributed by atoms with Gasteiger partial charge in [-0.2, -0.15) is 0 Å². The van der Waals surface area contributed by atoms with Gasteiger partial charge in [-0.1, -0.05) is 90.0 Å². The number of fused-ring (bicyclic) bond motifs is 4. The number of hydrogen-bond donors (Lipinski definition) is 1. The van der Waals surface area contributed by atoms with E-state index in [-0.39, 0.29) is 6.61 Å². The van der Waals surface area contributed by atoms with Crippen molar-refractivity contribution in [3.05, 3.63) is 154 Å². The van der Waals surface area contributed by atoms with Gasteiger partial charge in [-0.05, 0) is 112 Å². The Hall–Kier alpha value is -5.14. The van der Waals surface area contributed by atoms with E-state index in [1.807, 2.05) is 0 Å². The summed E-state index contributed by atoms with van der Waals surface area (Å²) in [6.45, 7) is 14.0. The zero-order chi connectivity index (χ0) is 48.1. The van der Waals surface area contributed by atoms with E-state index >= 15 is 0 Å². The van der Waals surface area contributed by atoms with E-state index in [1.54, 1.807) is 7.11 Å². The molecule has 0 saturated carbocycles. The Morgan fingerprint density at radius 2 is 1.10 bits per heavy atom. The Labute approximate surface area is 404 Å². The number of hydrogen-bond acceptors (Lipinski definition) is 9. The van der Waals surface area contributed by atoms with Gasteiger partial charge >= 0.3 is 0 Å². The predicted molar refractivity (Wildman–Crippen MR) is 274 cm³/mol. The van der Waals surface area contributed by atoms with E-state index in [2.05, 4.69) is 163 Å². The van der Waals surface area contributed by atoms with Gasteiger partial charge in [0.15, 0.2) is 0 Å². The summed E-state index contributed by atoms with van der Waals surface area (Å²) in [6, 6.07) is 41.4. The van der Waals surface area contributed by atoms with Crippen LogP contribution in [0.4, 0.5) is 5.69 Å². The number of methoxy groups -OCH3 is 1. The highest BCUT2D eigenvalue weighted by Crippen LogP contribution is 2.58. The fourth-order valence-corrected chi connectivity index (χ4v) is 9.25. The molecule has 0 radical (unpaired) electrons. The van der Waals surface area contributed by atoms with Gasteiger partial charge in [0.2, 0.25) is 0 Å². The van der Waals surface area contributed by atoms with Crippen molar-refractivity contribution in [3.8, 4) is 28.0 Å². The van der Waals surface area contributed by atoms with Crippen LogP contribution in [-0.4, -0.2) is 131 Å². The van der Waals surface area contributed by atoms with Gasteiger partial charge in [-0.15, -0.1) is 0 Å². The standard InChI is InChI=1S/C58H73N2O8/c1-9-60(6,7)40-49-37-50(17-15-48(49)41-67-31-30-65-27-26-63-23-22-61)58(51-18-21-57(56(39-51)59(4)5)68-33-32-66-29-28-64-25-24-62-8)54-35-43(3)11-19-52(54)53-20-16-47(38-55(53)58)46-14-13-44-34-42(2)10-12-45(44)36-46/h10-21,34-39,61H,9,22-33,40-41H2,1-8H3/q+1. The number of aryl methyl sites for hydroxylation is 2. The van der Waals surface area contributed by atoms with Gasteiger partial charge in [-0.25, -0.2) is 0 Å². The zero-order valence-corrected chi connectivity index (χ0v) is 41.7. The van der Waals surface area contributed by atoms with Crippen LogP contribution in [0.2, 0.25) is 0 Å². The average Bonchev–Trinajstić information content (AvgIpc) is 3.62. The van der Waals surface area contributed by atoms with Crippen molar-refractivity contribution in [2.75, 3.05) is 126 Å². The number of ether oxygens (including phenoxy) is 7. The maximum Gasteiger partial charge on any atom is 0.142 e. The van der Waals surface area contributed by atoms with E-state index in [0.717, 1.165) is 34.6 Å². The molecule has 0 spiro atoms. The first-order valence-electron chi connectivity index (χ1n) is 24.1. The molecule has 6 aromatic carbocycles. The molecule has 1 atom stereocenters. The number of benzene rings is 6. The van der Waals surface area contributed by atoms with Crippen LogP contribution in [0.5, 0.6) is 5.75 Å². The summed E-state index contributed by atoms with van der Waals surface area (Å²) in [5.41, 5.74) is 14.9. The van der Waals surface area contributed by atoms with Crippen molar-refractivity contribution in [3.63, 3.8) is 0 Å². The van der Waals surface area contributed by atoms with E-state index in [0.29, 0.717) is 79.3 Å². The van der Waals surface area contributed by atoms with Gasteiger partial charge in [0, 0.05) is 26.8 Å². The highest BCUT2D eigenvalue weighted by Gasteiger charge is 2.47. The predicted octanol–water partition coefficient (Wildman–Crippen LogP) is 9.75. The van der Waals surface area contributed by atoms with Crippen molar-refractivity contribution < 1.29 is 42.7 Å². The number of nitrogens with zero attached hydrogens (tertiary/aromatic N) is 2. The van der Waals surface area contributed by atoms with Crippen molar-refractivity contribution in [2.45, 2.75) is 39.3 Å². The maximum atomic E-state index is 9.00. The van der Waals surface area contributed by atoms with Crippen LogP contribution in [0.15, 0.2) is 109 Å². The highest BCUT2D eigenvalue weighted by atomic mass is 16.6. The van der Waals surface area contributed by atoms with Crippen LogP contribution in [0.1, 0.15) is 51.4 Å². The second-order valence-electron chi connectivity index (χ2n) is 18.7. The Morgan fingerprint density at radius 3 is 1.81 bits per heavy atom. The first-order chi connectivity index (χ1) is 33.0.